The van der Waals surface area contributed by atoms with E-state index in [2.05, 4.69) is 10.6 Å². The Morgan fingerprint density at radius 3 is 2.45 bits per heavy atom. The molecule has 6 heteroatoms. The van der Waals surface area contributed by atoms with Crippen LogP contribution in [-0.2, 0) is 4.79 Å². The standard InChI is InChI=1S/C14H17ClN2O3/c15-11-3-1-10(2-4-11)14(20)17-8-13(19)16-7-9-5-12(18)6-9/h1-4,9,12,18H,5-8H2,(H,16,19)(H,17,20). The highest BCUT2D eigenvalue weighted by atomic mass is 35.5. The van der Waals surface area contributed by atoms with E-state index in [-0.39, 0.29) is 24.5 Å². The molecule has 1 aliphatic rings. The fraction of sp³-hybridized carbons (Fsp3) is 0.429. The molecule has 0 heterocycles. The van der Waals surface area contributed by atoms with Crippen LogP contribution in [0.4, 0.5) is 0 Å². The highest BCUT2D eigenvalue weighted by Gasteiger charge is 2.27. The number of hydrogen-bond acceptors (Lipinski definition) is 3. The zero-order valence-corrected chi connectivity index (χ0v) is 11.7. The lowest BCUT2D eigenvalue weighted by Crippen LogP contribution is -2.42. The Balaban J connectivity index is 1.67. The molecule has 3 N–H and O–H groups in total. The molecule has 108 valence electrons. The fourth-order valence-corrected chi connectivity index (χ4v) is 2.18. The van der Waals surface area contributed by atoms with Gasteiger partial charge >= 0.3 is 0 Å². The molecule has 20 heavy (non-hydrogen) atoms. The topological polar surface area (TPSA) is 78.4 Å². The average Bonchev–Trinajstić information content (AvgIpc) is 2.40. The van der Waals surface area contributed by atoms with Crippen LogP contribution in [0.15, 0.2) is 24.3 Å². The summed E-state index contributed by atoms with van der Waals surface area (Å²) in [5.74, 6) is -0.189. The third-order valence-electron chi connectivity index (χ3n) is 3.31. The summed E-state index contributed by atoms with van der Waals surface area (Å²) in [6.45, 7) is 0.490. The minimum Gasteiger partial charge on any atom is -0.393 e. The van der Waals surface area contributed by atoms with E-state index in [1.54, 1.807) is 24.3 Å². The maximum absolute atomic E-state index is 11.7. The first-order chi connectivity index (χ1) is 9.54. The molecule has 0 unspecified atom stereocenters. The van der Waals surface area contributed by atoms with Crippen LogP contribution in [0.5, 0.6) is 0 Å². The van der Waals surface area contributed by atoms with Crippen molar-refractivity contribution in [3.8, 4) is 0 Å². The van der Waals surface area contributed by atoms with Gasteiger partial charge in [0.15, 0.2) is 0 Å². The molecular formula is C14H17ClN2O3. The molecule has 5 nitrogen and oxygen atoms in total. The molecule has 1 aromatic carbocycles. The van der Waals surface area contributed by atoms with Crippen molar-refractivity contribution in [1.29, 1.82) is 0 Å². The lowest BCUT2D eigenvalue weighted by atomic mass is 9.82. The zero-order chi connectivity index (χ0) is 14.5. The average molecular weight is 297 g/mol. The van der Waals surface area contributed by atoms with Gasteiger partial charge in [0, 0.05) is 17.1 Å². The van der Waals surface area contributed by atoms with Crippen LogP contribution < -0.4 is 10.6 Å². The van der Waals surface area contributed by atoms with Gasteiger partial charge in [0.2, 0.25) is 5.91 Å². The lowest BCUT2D eigenvalue weighted by Gasteiger charge is -2.31. The van der Waals surface area contributed by atoms with E-state index in [1.165, 1.54) is 0 Å². The van der Waals surface area contributed by atoms with Gasteiger partial charge in [-0.1, -0.05) is 11.6 Å². The van der Waals surface area contributed by atoms with Crippen LogP contribution in [-0.4, -0.2) is 36.1 Å². The first-order valence-corrected chi connectivity index (χ1v) is 6.91. The Hall–Kier alpha value is -1.59. The van der Waals surface area contributed by atoms with Crippen LogP contribution in [0.1, 0.15) is 23.2 Å². The van der Waals surface area contributed by atoms with E-state index in [4.69, 9.17) is 16.7 Å². The van der Waals surface area contributed by atoms with Gasteiger partial charge in [0.1, 0.15) is 0 Å². The SMILES string of the molecule is O=C(CNC(=O)c1ccc(Cl)cc1)NCC1CC(O)C1. The molecule has 0 saturated heterocycles. The van der Waals surface area contributed by atoms with Gasteiger partial charge < -0.3 is 15.7 Å². The van der Waals surface area contributed by atoms with E-state index in [9.17, 15) is 9.59 Å². The van der Waals surface area contributed by atoms with Crippen molar-refractivity contribution in [3.05, 3.63) is 34.9 Å². The first-order valence-electron chi connectivity index (χ1n) is 6.53. The van der Waals surface area contributed by atoms with Gasteiger partial charge in [-0.2, -0.15) is 0 Å². The first kappa shape index (κ1) is 14.8. The second-order valence-corrected chi connectivity index (χ2v) is 5.42. The van der Waals surface area contributed by atoms with Crippen molar-refractivity contribution in [1.82, 2.24) is 10.6 Å². The van der Waals surface area contributed by atoms with Crippen LogP contribution in [0, 0.1) is 5.92 Å². The molecule has 2 rings (SSSR count). The van der Waals surface area contributed by atoms with E-state index < -0.39 is 0 Å². The van der Waals surface area contributed by atoms with Crippen molar-refractivity contribution >= 4 is 23.4 Å². The zero-order valence-electron chi connectivity index (χ0n) is 10.9. The molecule has 0 atom stereocenters. The monoisotopic (exact) mass is 296 g/mol. The quantitative estimate of drug-likeness (QED) is 0.757. The Morgan fingerprint density at radius 2 is 1.85 bits per heavy atom. The van der Waals surface area contributed by atoms with Crippen molar-refractivity contribution < 1.29 is 14.7 Å². The van der Waals surface area contributed by atoms with Crippen molar-refractivity contribution in [2.24, 2.45) is 5.92 Å². The molecule has 1 fully saturated rings. The molecule has 1 aromatic rings. The van der Waals surface area contributed by atoms with E-state index in [0.717, 1.165) is 12.8 Å². The smallest absolute Gasteiger partial charge is 0.251 e. The van der Waals surface area contributed by atoms with Crippen LogP contribution >= 0.6 is 11.6 Å². The molecule has 1 saturated carbocycles. The largest absolute Gasteiger partial charge is 0.393 e. The molecule has 0 radical (unpaired) electrons. The Bertz CT molecular complexity index is 484. The summed E-state index contributed by atoms with van der Waals surface area (Å²) in [6, 6.07) is 6.45. The molecule has 1 aliphatic carbocycles. The summed E-state index contributed by atoms with van der Waals surface area (Å²) in [5, 5.41) is 15.0. The predicted octanol–water partition coefficient (Wildman–Crippen LogP) is 0.957. The summed E-state index contributed by atoms with van der Waals surface area (Å²) in [7, 11) is 0. The molecule has 0 aromatic heterocycles. The number of hydrogen-bond donors (Lipinski definition) is 3. The van der Waals surface area contributed by atoms with E-state index >= 15 is 0 Å². The molecular weight excluding hydrogens is 280 g/mol. The van der Waals surface area contributed by atoms with Crippen molar-refractivity contribution in [2.75, 3.05) is 13.1 Å². The highest BCUT2D eigenvalue weighted by molar-refractivity contribution is 6.30. The summed E-state index contributed by atoms with van der Waals surface area (Å²) in [6.07, 6.45) is 1.25. The van der Waals surface area contributed by atoms with Gasteiger partial charge in [-0.25, -0.2) is 0 Å². The molecule has 0 aliphatic heterocycles. The number of benzene rings is 1. The predicted molar refractivity (Wildman–Crippen MR) is 75.5 cm³/mol. The van der Waals surface area contributed by atoms with Gasteiger partial charge in [-0.05, 0) is 43.0 Å². The third-order valence-corrected chi connectivity index (χ3v) is 3.57. The van der Waals surface area contributed by atoms with Gasteiger partial charge in [-0.15, -0.1) is 0 Å². The Labute approximate surface area is 122 Å². The molecule has 0 bridgehead atoms. The molecule has 0 spiro atoms. The van der Waals surface area contributed by atoms with E-state index in [1.807, 2.05) is 0 Å². The van der Waals surface area contributed by atoms with E-state index in [0.29, 0.717) is 23.0 Å². The maximum Gasteiger partial charge on any atom is 0.251 e. The van der Waals surface area contributed by atoms with Crippen LogP contribution in [0.25, 0.3) is 0 Å². The number of carbonyl (C=O) groups is 2. The number of rotatable bonds is 5. The number of nitrogens with one attached hydrogen (secondary N) is 2. The number of amides is 2. The Kier molecular flexibility index (Phi) is 4.98. The van der Waals surface area contributed by atoms with Crippen LogP contribution in [0.2, 0.25) is 5.02 Å². The van der Waals surface area contributed by atoms with Gasteiger partial charge in [0.05, 0.1) is 12.6 Å². The maximum atomic E-state index is 11.7. The second-order valence-electron chi connectivity index (χ2n) is 4.98. The number of aliphatic hydroxyl groups excluding tert-OH is 1. The normalized spacial score (nSPS) is 20.9. The summed E-state index contributed by atoms with van der Waals surface area (Å²) in [4.78, 5) is 23.3. The lowest BCUT2D eigenvalue weighted by molar-refractivity contribution is -0.120. The number of carbonyl (C=O) groups excluding carboxylic acids is 2. The fourth-order valence-electron chi connectivity index (χ4n) is 2.05. The molecule has 2 amide bonds. The third kappa shape index (κ3) is 4.21. The second kappa shape index (κ2) is 6.72. The summed E-state index contributed by atoms with van der Waals surface area (Å²) < 4.78 is 0. The highest BCUT2D eigenvalue weighted by Crippen LogP contribution is 2.25. The van der Waals surface area contributed by atoms with Crippen molar-refractivity contribution in [2.45, 2.75) is 18.9 Å². The minimum atomic E-state index is -0.309. The number of halogens is 1. The summed E-state index contributed by atoms with van der Waals surface area (Å²) in [5.41, 5.74) is 0.462. The number of aliphatic hydroxyl groups is 1. The van der Waals surface area contributed by atoms with Gasteiger partial charge in [0.25, 0.3) is 5.91 Å². The van der Waals surface area contributed by atoms with Crippen LogP contribution in [0.3, 0.4) is 0 Å². The Morgan fingerprint density at radius 1 is 1.20 bits per heavy atom. The van der Waals surface area contributed by atoms with Crippen molar-refractivity contribution in [3.63, 3.8) is 0 Å². The van der Waals surface area contributed by atoms with Gasteiger partial charge in [-0.3, -0.25) is 9.59 Å². The minimum absolute atomic E-state index is 0.0588. The summed E-state index contributed by atoms with van der Waals surface area (Å²) >= 11 is 5.73.